The number of nitrogens with zero attached hydrogens (tertiary/aromatic N) is 2. The molecule has 0 aromatic carbocycles. The fourth-order valence-electron chi connectivity index (χ4n) is 3.39. The molecule has 1 aromatic rings. The molecule has 120 valence electrons. The number of aromatic amines is 2. The molecule has 0 bridgehead atoms. The Morgan fingerprint density at radius 3 is 2.45 bits per heavy atom. The number of carbonyl (C=O) groups excluding carboxylic acids is 1. The molecule has 1 heterocycles. The lowest BCUT2D eigenvalue weighted by Crippen LogP contribution is -2.48. The molecule has 2 rings (SSSR count). The maximum absolute atomic E-state index is 12.0. The summed E-state index contributed by atoms with van der Waals surface area (Å²) >= 11 is 0. The quantitative estimate of drug-likeness (QED) is 0.607. The molecule has 22 heavy (non-hydrogen) atoms. The molecular formula is C14H20N4O4. The lowest BCUT2D eigenvalue weighted by molar-refractivity contribution is 0.188. The molecule has 0 radical (unpaired) electrons. The Labute approximate surface area is 126 Å². The Balaban J connectivity index is 2.46. The van der Waals surface area contributed by atoms with Crippen molar-refractivity contribution in [2.45, 2.75) is 57.5 Å². The van der Waals surface area contributed by atoms with Crippen molar-refractivity contribution >= 4 is 6.08 Å². The van der Waals surface area contributed by atoms with E-state index in [9.17, 15) is 19.2 Å². The number of aliphatic imine (C=N–C) groups is 1. The van der Waals surface area contributed by atoms with E-state index in [2.05, 4.69) is 15.0 Å². The summed E-state index contributed by atoms with van der Waals surface area (Å²) < 4.78 is 1.06. The summed E-state index contributed by atoms with van der Waals surface area (Å²) in [6.45, 7) is 1.99. The number of nitrogens with one attached hydrogen (secondary N) is 2. The smallest absolute Gasteiger partial charge is 0.259 e. The van der Waals surface area contributed by atoms with Gasteiger partial charge in [0.05, 0.1) is 6.04 Å². The standard InChI is InChI=1S/C14H20N4O4/c1-2-5-10(15-8-19)9-6-3-4-7-11(9)18-13(21)16-12(20)17-14(18)22/h9-11H,2-7H2,1H3,(H2,16,17,20,21,22). The second kappa shape index (κ2) is 7.17. The highest BCUT2D eigenvalue weighted by atomic mass is 16.2. The fourth-order valence-corrected chi connectivity index (χ4v) is 3.39. The minimum atomic E-state index is -0.811. The first kappa shape index (κ1) is 16.2. The van der Waals surface area contributed by atoms with Gasteiger partial charge in [0.15, 0.2) is 0 Å². The molecule has 1 fully saturated rings. The Morgan fingerprint density at radius 2 is 1.86 bits per heavy atom. The van der Waals surface area contributed by atoms with E-state index in [1.165, 1.54) is 0 Å². The van der Waals surface area contributed by atoms with E-state index >= 15 is 0 Å². The normalized spacial score (nSPS) is 22.8. The van der Waals surface area contributed by atoms with Crippen LogP contribution in [-0.2, 0) is 4.79 Å². The average Bonchev–Trinajstić information content (AvgIpc) is 2.46. The topological polar surface area (TPSA) is 117 Å². The van der Waals surface area contributed by atoms with Crippen LogP contribution in [0.3, 0.4) is 0 Å². The van der Waals surface area contributed by atoms with E-state index in [4.69, 9.17) is 0 Å². The van der Waals surface area contributed by atoms with Gasteiger partial charge in [-0.3, -0.25) is 9.97 Å². The van der Waals surface area contributed by atoms with Crippen LogP contribution in [0.1, 0.15) is 51.5 Å². The van der Waals surface area contributed by atoms with Crippen LogP contribution in [-0.4, -0.2) is 26.7 Å². The van der Waals surface area contributed by atoms with Crippen molar-refractivity contribution in [2.75, 3.05) is 0 Å². The van der Waals surface area contributed by atoms with Crippen LogP contribution in [0.4, 0.5) is 0 Å². The van der Waals surface area contributed by atoms with E-state index in [1.54, 1.807) is 6.08 Å². The van der Waals surface area contributed by atoms with Gasteiger partial charge < -0.3 is 0 Å². The summed E-state index contributed by atoms with van der Waals surface area (Å²) in [6.07, 6.45) is 6.43. The van der Waals surface area contributed by atoms with Crippen LogP contribution in [0.25, 0.3) is 0 Å². The Bertz CT molecular complexity index is 691. The third kappa shape index (κ3) is 3.33. The molecule has 1 aliphatic rings. The first-order chi connectivity index (χ1) is 10.6. The van der Waals surface area contributed by atoms with Crippen LogP contribution in [0.5, 0.6) is 0 Å². The first-order valence-corrected chi connectivity index (χ1v) is 7.60. The van der Waals surface area contributed by atoms with E-state index in [0.29, 0.717) is 12.8 Å². The Hall–Kier alpha value is -2.21. The van der Waals surface area contributed by atoms with Crippen LogP contribution < -0.4 is 17.1 Å². The molecule has 1 saturated carbocycles. The number of H-pyrrole nitrogens is 2. The third-order valence-corrected chi connectivity index (χ3v) is 4.29. The molecule has 0 aliphatic heterocycles. The molecule has 8 heteroatoms. The number of isocyanates is 1. The van der Waals surface area contributed by atoms with Crippen molar-refractivity contribution in [1.82, 2.24) is 14.5 Å². The maximum Gasteiger partial charge on any atom is 0.333 e. The number of rotatable bonds is 5. The molecule has 2 N–H and O–H groups in total. The molecule has 3 unspecified atom stereocenters. The Morgan fingerprint density at radius 1 is 1.23 bits per heavy atom. The van der Waals surface area contributed by atoms with Gasteiger partial charge in [0.25, 0.3) is 0 Å². The van der Waals surface area contributed by atoms with E-state index in [0.717, 1.165) is 30.3 Å². The van der Waals surface area contributed by atoms with Crippen LogP contribution in [0, 0.1) is 5.92 Å². The molecule has 0 amide bonds. The summed E-state index contributed by atoms with van der Waals surface area (Å²) in [5.41, 5.74) is -2.23. The van der Waals surface area contributed by atoms with Crippen LogP contribution >= 0.6 is 0 Å². The van der Waals surface area contributed by atoms with Gasteiger partial charge in [-0.1, -0.05) is 26.2 Å². The zero-order valence-electron chi connectivity index (χ0n) is 12.5. The van der Waals surface area contributed by atoms with Crippen molar-refractivity contribution < 1.29 is 4.79 Å². The van der Waals surface area contributed by atoms with Crippen LogP contribution in [0.15, 0.2) is 19.4 Å². The zero-order chi connectivity index (χ0) is 16.1. The lowest BCUT2D eigenvalue weighted by Gasteiger charge is -2.35. The van der Waals surface area contributed by atoms with E-state index in [-0.39, 0.29) is 18.0 Å². The summed E-state index contributed by atoms with van der Waals surface area (Å²) in [4.78, 5) is 54.0. The van der Waals surface area contributed by atoms with Gasteiger partial charge in [-0.15, -0.1) is 0 Å². The summed E-state index contributed by atoms with van der Waals surface area (Å²) in [5, 5.41) is 0. The van der Waals surface area contributed by atoms with Crippen molar-refractivity contribution in [2.24, 2.45) is 10.9 Å². The first-order valence-electron chi connectivity index (χ1n) is 7.60. The Kier molecular flexibility index (Phi) is 5.27. The molecular weight excluding hydrogens is 288 g/mol. The summed E-state index contributed by atoms with van der Waals surface area (Å²) in [5.74, 6) is -0.0835. The van der Waals surface area contributed by atoms with Gasteiger partial charge >= 0.3 is 17.1 Å². The lowest BCUT2D eigenvalue weighted by atomic mass is 9.78. The maximum atomic E-state index is 12.0. The zero-order valence-corrected chi connectivity index (χ0v) is 12.5. The largest absolute Gasteiger partial charge is 0.333 e. The number of hydrogen-bond acceptors (Lipinski definition) is 5. The average molecular weight is 308 g/mol. The van der Waals surface area contributed by atoms with Gasteiger partial charge in [-0.05, 0) is 19.3 Å². The van der Waals surface area contributed by atoms with E-state index < -0.39 is 17.1 Å². The summed E-state index contributed by atoms with van der Waals surface area (Å²) in [6, 6.07) is -0.624. The van der Waals surface area contributed by atoms with Crippen molar-refractivity contribution in [1.29, 1.82) is 0 Å². The molecule has 1 aromatic heterocycles. The van der Waals surface area contributed by atoms with Gasteiger partial charge in [-0.25, -0.2) is 28.7 Å². The van der Waals surface area contributed by atoms with Crippen molar-refractivity contribution in [3.05, 3.63) is 31.5 Å². The van der Waals surface area contributed by atoms with Gasteiger partial charge in [0, 0.05) is 12.0 Å². The highest BCUT2D eigenvalue weighted by Crippen LogP contribution is 2.37. The predicted molar refractivity (Wildman–Crippen MR) is 79.8 cm³/mol. The third-order valence-electron chi connectivity index (χ3n) is 4.29. The molecule has 1 aliphatic carbocycles. The second-order valence-electron chi connectivity index (χ2n) is 5.65. The van der Waals surface area contributed by atoms with Gasteiger partial charge in [0.2, 0.25) is 6.08 Å². The van der Waals surface area contributed by atoms with Gasteiger partial charge in [-0.2, -0.15) is 0 Å². The van der Waals surface area contributed by atoms with Crippen LogP contribution in [0.2, 0.25) is 0 Å². The van der Waals surface area contributed by atoms with Gasteiger partial charge in [0.1, 0.15) is 0 Å². The molecule has 0 spiro atoms. The second-order valence-corrected chi connectivity index (χ2v) is 5.65. The monoisotopic (exact) mass is 308 g/mol. The molecule has 8 nitrogen and oxygen atoms in total. The summed E-state index contributed by atoms with van der Waals surface area (Å²) in [7, 11) is 0. The number of aromatic nitrogens is 3. The SMILES string of the molecule is CCCC(N=C=O)C1CCCCC1n1c(=O)[nH]c(=O)[nH]c1=O. The molecule has 3 atom stereocenters. The fraction of sp³-hybridized carbons (Fsp3) is 0.714. The predicted octanol–water partition coefficient (Wildman–Crippen LogP) is 0.461. The highest BCUT2D eigenvalue weighted by Gasteiger charge is 2.34. The number of hydrogen-bond donors (Lipinski definition) is 2. The van der Waals surface area contributed by atoms with E-state index in [1.807, 2.05) is 6.92 Å². The minimum absolute atomic E-state index is 0.0835. The van der Waals surface area contributed by atoms with Crippen molar-refractivity contribution in [3.8, 4) is 0 Å². The minimum Gasteiger partial charge on any atom is -0.259 e. The van der Waals surface area contributed by atoms with Crippen molar-refractivity contribution in [3.63, 3.8) is 0 Å². The molecule has 0 saturated heterocycles. The highest BCUT2D eigenvalue weighted by molar-refractivity contribution is 5.33.